The Labute approximate surface area is 115 Å². The van der Waals surface area contributed by atoms with Gasteiger partial charge in [-0.25, -0.2) is 4.98 Å². The summed E-state index contributed by atoms with van der Waals surface area (Å²) in [5.74, 6) is 0. The van der Waals surface area contributed by atoms with Crippen molar-refractivity contribution in [3.05, 3.63) is 42.2 Å². The second-order valence-corrected chi connectivity index (χ2v) is 5.19. The van der Waals surface area contributed by atoms with E-state index in [0.29, 0.717) is 6.04 Å². The van der Waals surface area contributed by atoms with Crippen molar-refractivity contribution in [3.8, 4) is 0 Å². The van der Waals surface area contributed by atoms with E-state index >= 15 is 0 Å². The van der Waals surface area contributed by atoms with Crippen molar-refractivity contribution in [2.75, 3.05) is 6.54 Å². The maximum absolute atomic E-state index is 4.45. The van der Waals surface area contributed by atoms with Gasteiger partial charge < -0.3 is 9.88 Å². The van der Waals surface area contributed by atoms with Crippen LogP contribution >= 0.6 is 0 Å². The molecule has 2 aromatic rings. The fourth-order valence-corrected chi connectivity index (χ4v) is 2.28. The minimum Gasteiger partial charge on any atom is -0.329 e. The molecule has 1 aromatic carbocycles. The number of fused-ring (bicyclic) bond motifs is 1. The minimum absolute atomic E-state index is 0.363. The first kappa shape index (κ1) is 13.8. The molecule has 3 heteroatoms. The van der Waals surface area contributed by atoms with Gasteiger partial charge in [-0.3, -0.25) is 0 Å². The van der Waals surface area contributed by atoms with Gasteiger partial charge in [-0.05, 0) is 38.9 Å². The molecule has 1 atom stereocenters. The lowest BCUT2D eigenvalue weighted by Gasteiger charge is -2.16. The van der Waals surface area contributed by atoms with E-state index in [0.717, 1.165) is 25.0 Å². The summed E-state index contributed by atoms with van der Waals surface area (Å²) >= 11 is 0. The van der Waals surface area contributed by atoms with Crippen molar-refractivity contribution in [3.63, 3.8) is 0 Å². The van der Waals surface area contributed by atoms with Gasteiger partial charge in [-0.2, -0.15) is 0 Å². The Balaban J connectivity index is 2.18. The van der Waals surface area contributed by atoms with Crippen LogP contribution in [0.15, 0.2) is 42.2 Å². The van der Waals surface area contributed by atoms with E-state index in [9.17, 15) is 0 Å². The summed E-state index contributed by atoms with van der Waals surface area (Å²) in [6, 6.07) is 8.64. The average molecular weight is 257 g/mol. The first-order valence-electron chi connectivity index (χ1n) is 6.99. The Morgan fingerprint density at radius 2 is 2.16 bits per heavy atom. The van der Waals surface area contributed by atoms with Crippen LogP contribution in [0.3, 0.4) is 0 Å². The molecule has 0 aliphatic rings. The predicted octanol–water partition coefficient (Wildman–Crippen LogP) is 3.37. The molecule has 0 aliphatic heterocycles. The quantitative estimate of drug-likeness (QED) is 0.804. The van der Waals surface area contributed by atoms with Crippen LogP contribution in [0.2, 0.25) is 0 Å². The van der Waals surface area contributed by atoms with Gasteiger partial charge >= 0.3 is 0 Å². The number of hydrogen-bond donors (Lipinski definition) is 1. The highest BCUT2D eigenvalue weighted by Crippen LogP contribution is 2.12. The topological polar surface area (TPSA) is 29.9 Å². The number of nitrogens with one attached hydrogen (secondary N) is 1. The third-order valence-corrected chi connectivity index (χ3v) is 3.11. The van der Waals surface area contributed by atoms with Gasteiger partial charge in [0.05, 0.1) is 17.4 Å². The average Bonchev–Trinajstić information content (AvgIpc) is 2.79. The SMILES string of the molecule is CCCNC(C=C(C)C)Cn1cnc2ccccc21. The number of rotatable bonds is 6. The Bertz CT molecular complexity index is 550. The molecule has 0 spiro atoms. The lowest BCUT2D eigenvalue weighted by Crippen LogP contribution is -2.32. The van der Waals surface area contributed by atoms with Crippen molar-refractivity contribution < 1.29 is 0 Å². The Kier molecular flexibility index (Phi) is 4.74. The van der Waals surface area contributed by atoms with Gasteiger partial charge in [-0.1, -0.05) is 30.7 Å². The molecular weight excluding hydrogens is 234 g/mol. The Hall–Kier alpha value is -1.61. The maximum atomic E-state index is 4.45. The molecule has 102 valence electrons. The molecule has 0 saturated carbocycles. The molecule has 1 N–H and O–H groups in total. The van der Waals surface area contributed by atoms with Crippen molar-refractivity contribution in [1.29, 1.82) is 0 Å². The number of benzene rings is 1. The molecule has 0 fully saturated rings. The molecule has 0 aliphatic carbocycles. The maximum Gasteiger partial charge on any atom is 0.0958 e. The zero-order valence-corrected chi connectivity index (χ0v) is 12.1. The number of imidazole rings is 1. The molecule has 19 heavy (non-hydrogen) atoms. The van der Waals surface area contributed by atoms with Crippen LogP contribution < -0.4 is 5.32 Å². The Morgan fingerprint density at radius 1 is 1.37 bits per heavy atom. The summed E-state index contributed by atoms with van der Waals surface area (Å²) in [6.07, 6.45) is 5.38. The zero-order chi connectivity index (χ0) is 13.7. The van der Waals surface area contributed by atoms with Crippen LogP contribution in [0, 0.1) is 0 Å². The summed E-state index contributed by atoms with van der Waals surface area (Å²) < 4.78 is 2.22. The number of hydrogen-bond acceptors (Lipinski definition) is 2. The van der Waals surface area contributed by atoms with Crippen molar-refractivity contribution >= 4 is 11.0 Å². The summed E-state index contributed by atoms with van der Waals surface area (Å²) in [5, 5.41) is 3.58. The van der Waals surface area contributed by atoms with Crippen LogP contribution in [0.4, 0.5) is 0 Å². The smallest absolute Gasteiger partial charge is 0.0958 e. The van der Waals surface area contributed by atoms with Gasteiger partial charge in [-0.15, -0.1) is 0 Å². The van der Waals surface area contributed by atoms with Crippen LogP contribution in [0.5, 0.6) is 0 Å². The molecular formula is C16H23N3. The summed E-state index contributed by atoms with van der Waals surface area (Å²) in [7, 11) is 0. The molecule has 0 bridgehead atoms. The van der Waals surface area contributed by atoms with Crippen molar-refractivity contribution in [2.24, 2.45) is 0 Å². The summed E-state index contributed by atoms with van der Waals surface area (Å²) in [6.45, 7) is 8.45. The first-order valence-corrected chi connectivity index (χ1v) is 6.99. The number of nitrogens with zero attached hydrogens (tertiary/aromatic N) is 2. The van der Waals surface area contributed by atoms with Crippen LogP contribution in [0.1, 0.15) is 27.2 Å². The summed E-state index contributed by atoms with van der Waals surface area (Å²) in [5.41, 5.74) is 3.61. The van der Waals surface area contributed by atoms with E-state index in [2.05, 4.69) is 59.9 Å². The van der Waals surface area contributed by atoms with Crippen LogP contribution in [-0.4, -0.2) is 22.1 Å². The van der Waals surface area contributed by atoms with E-state index in [1.54, 1.807) is 0 Å². The predicted molar refractivity (Wildman–Crippen MR) is 81.2 cm³/mol. The van der Waals surface area contributed by atoms with Gasteiger partial charge in [0.2, 0.25) is 0 Å². The second kappa shape index (κ2) is 6.53. The largest absolute Gasteiger partial charge is 0.329 e. The molecule has 0 saturated heterocycles. The molecule has 0 amide bonds. The standard InChI is InChI=1S/C16H23N3/c1-4-9-17-14(10-13(2)3)11-19-12-18-15-7-5-6-8-16(15)19/h5-8,10,12,14,17H,4,9,11H2,1-3H3. The third kappa shape index (κ3) is 3.67. The van der Waals surface area contributed by atoms with Crippen LogP contribution in [-0.2, 0) is 6.54 Å². The summed E-state index contributed by atoms with van der Waals surface area (Å²) in [4.78, 5) is 4.45. The highest BCUT2D eigenvalue weighted by Gasteiger charge is 2.08. The second-order valence-electron chi connectivity index (χ2n) is 5.19. The zero-order valence-electron chi connectivity index (χ0n) is 12.1. The molecule has 3 nitrogen and oxygen atoms in total. The van der Waals surface area contributed by atoms with Crippen molar-refractivity contribution in [2.45, 2.75) is 39.8 Å². The highest BCUT2D eigenvalue weighted by molar-refractivity contribution is 5.74. The van der Waals surface area contributed by atoms with E-state index < -0.39 is 0 Å². The molecule has 2 rings (SSSR count). The Morgan fingerprint density at radius 3 is 2.89 bits per heavy atom. The van der Waals surface area contributed by atoms with E-state index in [1.807, 2.05) is 12.4 Å². The van der Waals surface area contributed by atoms with Gasteiger partial charge in [0.25, 0.3) is 0 Å². The fraction of sp³-hybridized carbons (Fsp3) is 0.438. The molecule has 1 aromatic heterocycles. The van der Waals surface area contributed by atoms with Gasteiger partial charge in [0.1, 0.15) is 0 Å². The first-order chi connectivity index (χ1) is 9.20. The number of aromatic nitrogens is 2. The van der Waals surface area contributed by atoms with Gasteiger partial charge in [0, 0.05) is 12.6 Å². The van der Waals surface area contributed by atoms with E-state index in [4.69, 9.17) is 0 Å². The highest BCUT2D eigenvalue weighted by atomic mass is 15.1. The monoisotopic (exact) mass is 257 g/mol. The molecule has 1 unspecified atom stereocenters. The normalized spacial score (nSPS) is 12.6. The molecule has 1 heterocycles. The van der Waals surface area contributed by atoms with Crippen molar-refractivity contribution in [1.82, 2.24) is 14.9 Å². The lowest BCUT2D eigenvalue weighted by molar-refractivity contribution is 0.518. The minimum atomic E-state index is 0.363. The van der Waals surface area contributed by atoms with Crippen LogP contribution in [0.25, 0.3) is 11.0 Å². The fourth-order valence-electron chi connectivity index (χ4n) is 2.28. The third-order valence-electron chi connectivity index (χ3n) is 3.11. The van der Waals surface area contributed by atoms with Gasteiger partial charge in [0.15, 0.2) is 0 Å². The van der Waals surface area contributed by atoms with E-state index in [-0.39, 0.29) is 0 Å². The number of para-hydroxylation sites is 2. The molecule has 0 radical (unpaired) electrons. The number of allylic oxidation sites excluding steroid dienone is 1. The van der Waals surface area contributed by atoms with E-state index in [1.165, 1.54) is 11.1 Å². The lowest BCUT2D eigenvalue weighted by atomic mass is 10.2.